The number of H-pyrrole nitrogens is 1. The van der Waals surface area contributed by atoms with Gasteiger partial charge < -0.3 is 4.90 Å². The zero-order valence-electron chi connectivity index (χ0n) is 15.0. The molecule has 5 nitrogen and oxygen atoms in total. The summed E-state index contributed by atoms with van der Waals surface area (Å²) in [6.45, 7) is 0.508. The molecule has 0 unspecified atom stereocenters. The van der Waals surface area contributed by atoms with Gasteiger partial charge in [0.15, 0.2) is 0 Å². The number of anilines is 1. The van der Waals surface area contributed by atoms with E-state index >= 15 is 0 Å². The molecule has 1 heterocycles. The van der Waals surface area contributed by atoms with Crippen LogP contribution in [0.4, 0.5) is 10.2 Å². The maximum Gasteiger partial charge on any atom is 0.329 e. The van der Waals surface area contributed by atoms with Crippen molar-refractivity contribution in [2.75, 3.05) is 11.9 Å². The van der Waals surface area contributed by atoms with Crippen LogP contribution in [0.5, 0.6) is 0 Å². The van der Waals surface area contributed by atoms with Crippen molar-refractivity contribution in [1.82, 2.24) is 9.55 Å². The van der Waals surface area contributed by atoms with Crippen LogP contribution in [0, 0.1) is 5.82 Å². The molecule has 1 aromatic heterocycles. The monoisotopic (exact) mass is 387 g/mol. The van der Waals surface area contributed by atoms with Gasteiger partial charge in [-0.25, -0.2) is 9.18 Å². The quantitative estimate of drug-likeness (QED) is 0.732. The third-order valence-corrected chi connectivity index (χ3v) is 4.76. The van der Waals surface area contributed by atoms with Crippen molar-refractivity contribution in [3.8, 4) is 0 Å². The van der Waals surface area contributed by atoms with Gasteiger partial charge in [0.2, 0.25) is 0 Å². The van der Waals surface area contributed by atoms with Crippen molar-refractivity contribution >= 4 is 17.4 Å². The highest BCUT2D eigenvalue weighted by molar-refractivity contribution is 6.31. The van der Waals surface area contributed by atoms with Crippen molar-refractivity contribution in [3.63, 3.8) is 0 Å². The summed E-state index contributed by atoms with van der Waals surface area (Å²) in [5, 5.41) is 0.236. The Labute approximate surface area is 160 Å². The van der Waals surface area contributed by atoms with Crippen molar-refractivity contribution in [2.45, 2.75) is 13.0 Å². The van der Waals surface area contributed by atoms with Crippen molar-refractivity contribution in [1.29, 1.82) is 0 Å². The number of aromatic nitrogens is 2. The molecule has 0 amide bonds. The fourth-order valence-electron chi connectivity index (χ4n) is 2.93. The highest BCUT2D eigenvalue weighted by Crippen LogP contribution is 2.23. The Balaban J connectivity index is 2.05. The Morgan fingerprint density at radius 1 is 1.15 bits per heavy atom. The molecule has 0 aliphatic heterocycles. The third kappa shape index (κ3) is 4.11. The van der Waals surface area contributed by atoms with Gasteiger partial charge >= 0.3 is 5.69 Å². The summed E-state index contributed by atoms with van der Waals surface area (Å²) < 4.78 is 14.3. The SMILES string of the molecule is CN(Cc1ccccc1)c1[nH]c(=O)n(C)c(=O)c1Cc1ccc(F)cc1Cl. The fraction of sp³-hybridized carbons (Fsp3) is 0.200. The first kappa shape index (κ1) is 18.9. The Hall–Kier alpha value is -2.86. The van der Waals surface area contributed by atoms with Gasteiger partial charge in [-0.15, -0.1) is 0 Å². The predicted molar refractivity (Wildman–Crippen MR) is 105 cm³/mol. The zero-order valence-corrected chi connectivity index (χ0v) is 15.8. The Morgan fingerprint density at radius 3 is 2.52 bits per heavy atom. The van der Waals surface area contributed by atoms with Crippen LogP contribution >= 0.6 is 11.6 Å². The van der Waals surface area contributed by atoms with E-state index < -0.39 is 17.1 Å². The summed E-state index contributed by atoms with van der Waals surface area (Å²) >= 11 is 6.13. The Kier molecular flexibility index (Phi) is 5.46. The van der Waals surface area contributed by atoms with E-state index in [1.54, 1.807) is 13.1 Å². The van der Waals surface area contributed by atoms with E-state index in [0.29, 0.717) is 23.5 Å². The van der Waals surface area contributed by atoms with Crippen molar-refractivity contribution in [2.24, 2.45) is 7.05 Å². The van der Waals surface area contributed by atoms with E-state index in [4.69, 9.17) is 11.6 Å². The highest BCUT2D eigenvalue weighted by Gasteiger charge is 2.17. The number of rotatable bonds is 5. The lowest BCUT2D eigenvalue weighted by Gasteiger charge is -2.22. The van der Waals surface area contributed by atoms with E-state index in [2.05, 4.69) is 4.98 Å². The minimum atomic E-state index is -0.496. The van der Waals surface area contributed by atoms with Gasteiger partial charge in [0.05, 0.1) is 5.56 Å². The number of hydrogen-bond donors (Lipinski definition) is 1. The zero-order chi connectivity index (χ0) is 19.6. The second-order valence-electron chi connectivity index (χ2n) is 6.38. The molecule has 1 N–H and O–H groups in total. The molecule has 0 aliphatic rings. The minimum absolute atomic E-state index is 0.178. The van der Waals surface area contributed by atoms with Crippen LogP contribution in [0.2, 0.25) is 5.02 Å². The van der Waals surface area contributed by atoms with Crippen LogP contribution in [0.1, 0.15) is 16.7 Å². The Bertz CT molecular complexity index is 1080. The van der Waals surface area contributed by atoms with Crippen LogP contribution in [-0.4, -0.2) is 16.6 Å². The van der Waals surface area contributed by atoms with E-state index in [-0.39, 0.29) is 11.4 Å². The molecule has 0 aliphatic carbocycles. The topological polar surface area (TPSA) is 58.1 Å². The normalized spacial score (nSPS) is 10.8. The number of nitrogens with zero attached hydrogens (tertiary/aromatic N) is 2. The van der Waals surface area contributed by atoms with E-state index in [9.17, 15) is 14.0 Å². The molecule has 0 spiro atoms. The smallest absolute Gasteiger partial charge is 0.329 e. The first-order valence-electron chi connectivity index (χ1n) is 8.38. The second kappa shape index (κ2) is 7.80. The summed E-state index contributed by atoms with van der Waals surface area (Å²) in [4.78, 5) is 29.5. The predicted octanol–water partition coefficient (Wildman–Crippen LogP) is 3.09. The number of hydrogen-bond acceptors (Lipinski definition) is 3. The van der Waals surface area contributed by atoms with Crippen molar-refractivity contribution < 1.29 is 4.39 Å². The van der Waals surface area contributed by atoms with Gasteiger partial charge in [0, 0.05) is 32.1 Å². The van der Waals surface area contributed by atoms with E-state index in [1.165, 1.54) is 19.2 Å². The summed E-state index contributed by atoms with van der Waals surface area (Å²) in [5.74, 6) is -0.0214. The van der Waals surface area contributed by atoms with Gasteiger partial charge in [-0.3, -0.25) is 14.3 Å². The average Bonchev–Trinajstić information content (AvgIpc) is 2.64. The molecule has 0 fully saturated rings. The van der Waals surface area contributed by atoms with Gasteiger partial charge in [-0.2, -0.15) is 0 Å². The van der Waals surface area contributed by atoms with E-state index in [1.807, 2.05) is 35.2 Å². The highest BCUT2D eigenvalue weighted by atomic mass is 35.5. The lowest BCUT2D eigenvalue weighted by molar-refractivity contribution is 0.627. The maximum atomic E-state index is 13.3. The maximum absolute atomic E-state index is 13.3. The second-order valence-corrected chi connectivity index (χ2v) is 6.78. The molecule has 3 aromatic rings. The number of nitrogens with one attached hydrogen (secondary N) is 1. The van der Waals surface area contributed by atoms with E-state index in [0.717, 1.165) is 10.1 Å². The molecule has 140 valence electrons. The molecule has 7 heteroatoms. The minimum Gasteiger partial charge on any atom is -0.356 e. The standard InChI is InChI=1S/C20H19ClFN3O2/c1-24(12-13-6-4-3-5-7-13)18-16(19(26)25(2)20(27)23-18)10-14-8-9-15(22)11-17(14)21/h3-9,11H,10,12H2,1-2H3,(H,23,27). The lowest BCUT2D eigenvalue weighted by atomic mass is 10.1. The molecular formula is C20H19ClFN3O2. The molecule has 0 bridgehead atoms. The van der Waals surface area contributed by atoms with Crippen LogP contribution in [0.25, 0.3) is 0 Å². The number of benzene rings is 2. The van der Waals surface area contributed by atoms with Gasteiger partial charge in [0.25, 0.3) is 5.56 Å². The van der Waals surface area contributed by atoms with Crippen LogP contribution in [0.15, 0.2) is 58.1 Å². The molecule has 3 rings (SSSR count). The first-order valence-corrected chi connectivity index (χ1v) is 8.76. The molecule has 0 atom stereocenters. The van der Waals surface area contributed by atoms with Gasteiger partial charge in [-0.05, 0) is 23.3 Å². The fourth-order valence-corrected chi connectivity index (χ4v) is 3.17. The van der Waals surface area contributed by atoms with Crippen molar-refractivity contribution in [3.05, 3.63) is 96.9 Å². The third-order valence-electron chi connectivity index (χ3n) is 4.41. The first-order chi connectivity index (χ1) is 12.9. The van der Waals surface area contributed by atoms with Gasteiger partial charge in [0.1, 0.15) is 11.6 Å². The van der Waals surface area contributed by atoms with Crippen LogP contribution in [-0.2, 0) is 20.0 Å². The number of aromatic amines is 1. The molecule has 27 heavy (non-hydrogen) atoms. The summed E-state index contributed by atoms with van der Waals surface area (Å²) in [7, 11) is 3.21. The lowest BCUT2D eigenvalue weighted by Crippen LogP contribution is -2.38. The largest absolute Gasteiger partial charge is 0.356 e. The Morgan fingerprint density at radius 2 is 1.85 bits per heavy atom. The summed E-state index contributed by atoms with van der Waals surface area (Å²) in [6, 6.07) is 13.8. The molecule has 0 saturated carbocycles. The molecule has 0 radical (unpaired) electrons. The molecule has 0 saturated heterocycles. The van der Waals surface area contributed by atoms with Crippen LogP contribution in [0.3, 0.4) is 0 Å². The van der Waals surface area contributed by atoms with Crippen LogP contribution < -0.4 is 16.1 Å². The molecular weight excluding hydrogens is 369 g/mol. The summed E-state index contributed by atoms with van der Waals surface area (Å²) in [5.41, 5.74) is 1.13. The summed E-state index contributed by atoms with van der Waals surface area (Å²) in [6.07, 6.45) is 0.178. The molecule has 2 aromatic carbocycles. The van der Waals surface area contributed by atoms with Gasteiger partial charge in [-0.1, -0.05) is 48.0 Å². The number of halogens is 2. The average molecular weight is 388 g/mol.